The van der Waals surface area contributed by atoms with Crippen LogP contribution in [0.5, 0.6) is 0 Å². The summed E-state index contributed by atoms with van der Waals surface area (Å²) in [5.74, 6) is -4.12. The van der Waals surface area contributed by atoms with Crippen LogP contribution in [0.15, 0.2) is 0 Å². The molecule has 1 fully saturated rings. The topological polar surface area (TPSA) is 130 Å². The minimum Gasteiger partial charge on any atom is -0.481 e. The van der Waals surface area contributed by atoms with Crippen LogP contribution in [-0.2, 0) is 23.9 Å². The first-order valence-electron chi connectivity index (χ1n) is 8.02. The molecule has 5 atom stereocenters. The predicted molar refractivity (Wildman–Crippen MR) is 82.2 cm³/mol. The van der Waals surface area contributed by atoms with Gasteiger partial charge in [0.2, 0.25) is 0 Å². The maximum absolute atomic E-state index is 11.2. The highest BCUT2D eigenvalue weighted by molar-refractivity contribution is 5.69. The highest BCUT2D eigenvalue weighted by atomic mass is 16.6. The van der Waals surface area contributed by atoms with Gasteiger partial charge in [0.1, 0.15) is 6.61 Å². The molecule has 0 aliphatic carbocycles. The van der Waals surface area contributed by atoms with Crippen molar-refractivity contribution in [3.63, 3.8) is 0 Å². The number of ether oxygens (including phenoxy) is 2. The summed E-state index contributed by atoms with van der Waals surface area (Å²) in [4.78, 5) is 33.4. The summed E-state index contributed by atoms with van der Waals surface area (Å²) in [5, 5.41) is 28.8. The van der Waals surface area contributed by atoms with Crippen LogP contribution in [0.3, 0.4) is 0 Å². The van der Waals surface area contributed by atoms with E-state index in [0.29, 0.717) is 6.42 Å². The van der Waals surface area contributed by atoms with E-state index in [1.165, 1.54) is 6.92 Å². The molecule has 0 unspecified atom stereocenters. The number of carboxylic acids is 2. The Kier molecular flexibility index (Phi) is 7.62. The van der Waals surface area contributed by atoms with Crippen molar-refractivity contribution in [2.75, 3.05) is 6.61 Å². The van der Waals surface area contributed by atoms with Crippen molar-refractivity contribution < 1.29 is 39.2 Å². The number of esters is 1. The Hall–Kier alpha value is -1.67. The summed E-state index contributed by atoms with van der Waals surface area (Å²) in [7, 11) is 0. The molecule has 1 rings (SSSR count). The van der Waals surface area contributed by atoms with E-state index >= 15 is 0 Å². The standard InChI is InChI=1S/C16H26O8/c1-8(2)4-12-16(22)11(6-15(20)21)10(5-14(18)19)13(24-12)7-23-9(3)17/h8,10-13,16,22H,4-7H2,1-3H3,(H,18,19)(H,20,21)/t10-,11+,12+,13-,16-/m0/s1. The lowest BCUT2D eigenvalue weighted by molar-refractivity contribution is -0.203. The van der Waals surface area contributed by atoms with Crippen LogP contribution in [0.4, 0.5) is 0 Å². The van der Waals surface area contributed by atoms with Gasteiger partial charge in [-0.1, -0.05) is 13.8 Å². The van der Waals surface area contributed by atoms with E-state index in [0.717, 1.165) is 0 Å². The number of rotatable bonds is 8. The smallest absolute Gasteiger partial charge is 0.303 e. The average Bonchev–Trinajstić information content (AvgIpc) is 2.42. The van der Waals surface area contributed by atoms with Crippen molar-refractivity contribution in [2.45, 2.75) is 58.3 Å². The van der Waals surface area contributed by atoms with E-state index < -0.39 is 48.1 Å². The molecule has 1 aliphatic heterocycles. The molecule has 8 heteroatoms. The van der Waals surface area contributed by atoms with Crippen LogP contribution in [0.1, 0.15) is 40.0 Å². The molecule has 1 saturated heterocycles. The molecular weight excluding hydrogens is 320 g/mol. The van der Waals surface area contributed by atoms with Gasteiger partial charge in [-0.25, -0.2) is 0 Å². The number of hydrogen-bond acceptors (Lipinski definition) is 6. The fourth-order valence-electron chi connectivity index (χ4n) is 3.19. The SMILES string of the molecule is CC(=O)OC[C@@H]1O[C@H](CC(C)C)[C@@H](O)[C@H](CC(=O)O)[C@@H]1CC(=O)O. The van der Waals surface area contributed by atoms with Crippen LogP contribution < -0.4 is 0 Å². The minimum atomic E-state index is -1.12. The molecule has 0 bridgehead atoms. The molecule has 0 aromatic heterocycles. The van der Waals surface area contributed by atoms with Gasteiger partial charge < -0.3 is 24.8 Å². The van der Waals surface area contributed by atoms with Crippen LogP contribution in [-0.4, -0.2) is 58.1 Å². The maximum atomic E-state index is 11.2. The van der Waals surface area contributed by atoms with Crippen LogP contribution in [0.2, 0.25) is 0 Å². The van der Waals surface area contributed by atoms with Crippen LogP contribution in [0.25, 0.3) is 0 Å². The Balaban J connectivity index is 3.06. The largest absolute Gasteiger partial charge is 0.481 e. The number of carboxylic acid groups (broad SMARTS) is 2. The number of hydrogen-bond donors (Lipinski definition) is 3. The highest BCUT2D eigenvalue weighted by Crippen LogP contribution is 2.38. The first-order valence-corrected chi connectivity index (χ1v) is 8.02. The van der Waals surface area contributed by atoms with Gasteiger partial charge in [0.25, 0.3) is 0 Å². The third kappa shape index (κ3) is 6.09. The third-order valence-electron chi connectivity index (χ3n) is 4.17. The zero-order chi connectivity index (χ0) is 18.4. The molecule has 0 saturated carbocycles. The number of carbonyl (C=O) groups is 3. The zero-order valence-electron chi connectivity index (χ0n) is 14.2. The lowest BCUT2D eigenvalue weighted by Crippen LogP contribution is -2.54. The third-order valence-corrected chi connectivity index (χ3v) is 4.17. The van der Waals surface area contributed by atoms with Gasteiger partial charge in [0.15, 0.2) is 0 Å². The molecule has 0 aromatic rings. The van der Waals surface area contributed by atoms with E-state index in [4.69, 9.17) is 19.7 Å². The molecule has 0 amide bonds. The molecule has 8 nitrogen and oxygen atoms in total. The Labute approximate surface area is 140 Å². The molecule has 3 N–H and O–H groups in total. The Bertz CT molecular complexity index is 461. The van der Waals surface area contributed by atoms with E-state index in [9.17, 15) is 19.5 Å². The lowest BCUT2D eigenvalue weighted by atomic mass is 9.74. The predicted octanol–water partition coefficient (Wildman–Crippen LogP) is 0.906. The van der Waals surface area contributed by atoms with E-state index in [1.54, 1.807) is 0 Å². The van der Waals surface area contributed by atoms with Crippen molar-refractivity contribution in [3.8, 4) is 0 Å². The van der Waals surface area contributed by atoms with E-state index in [1.807, 2.05) is 13.8 Å². The fourth-order valence-corrected chi connectivity index (χ4v) is 3.19. The zero-order valence-corrected chi connectivity index (χ0v) is 14.2. The second kappa shape index (κ2) is 8.98. The van der Waals surface area contributed by atoms with E-state index in [2.05, 4.69) is 0 Å². The van der Waals surface area contributed by atoms with Gasteiger partial charge in [-0.05, 0) is 12.3 Å². The second-order valence-corrected chi connectivity index (χ2v) is 6.66. The monoisotopic (exact) mass is 346 g/mol. The summed E-state index contributed by atoms with van der Waals surface area (Å²) < 4.78 is 10.8. The quantitative estimate of drug-likeness (QED) is 0.553. The summed E-state index contributed by atoms with van der Waals surface area (Å²) >= 11 is 0. The molecule has 1 aliphatic rings. The first-order chi connectivity index (χ1) is 11.1. The maximum Gasteiger partial charge on any atom is 0.303 e. The number of aliphatic carboxylic acids is 2. The molecule has 138 valence electrons. The highest BCUT2D eigenvalue weighted by Gasteiger charge is 2.46. The fraction of sp³-hybridized carbons (Fsp3) is 0.812. The molecule has 0 aromatic carbocycles. The molecule has 24 heavy (non-hydrogen) atoms. The first kappa shape index (κ1) is 20.4. The lowest BCUT2D eigenvalue weighted by Gasteiger charge is -2.44. The normalized spacial score (nSPS) is 30.1. The number of carbonyl (C=O) groups excluding carboxylic acids is 1. The van der Waals surface area contributed by atoms with Gasteiger partial charge in [-0.15, -0.1) is 0 Å². The van der Waals surface area contributed by atoms with Crippen molar-refractivity contribution >= 4 is 17.9 Å². The van der Waals surface area contributed by atoms with Crippen LogP contribution in [0, 0.1) is 17.8 Å². The number of aliphatic hydroxyl groups excluding tert-OH is 1. The molecule has 0 radical (unpaired) electrons. The molecular formula is C16H26O8. The molecule has 1 heterocycles. The summed E-state index contributed by atoms with van der Waals surface area (Å²) in [6.07, 6.45) is -2.71. The van der Waals surface area contributed by atoms with Gasteiger partial charge in [-0.2, -0.15) is 0 Å². The second-order valence-electron chi connectivity index (χ2n) is 6.66. The molecule has 0 spiro atoms. The van der Waals surface area contributed by atoms with Gasteiger partial charge in [0.05, 0.1) is 31.2 Å². The van der Waals surface area contributed by atoms with Crippen molar-refractivity contribution in [3.05, 3.63) is 0 Å². The average molecular weight is 346 g/mol. The van der Waals surface area contributed by atoms with Crippen molar-refractivity contribution in [1.29, 1.82) is 0 Å². The Morgan fingerprint density at radius 1 is 1.04 bits per heavy atom. The minimum absolute atomic E-state index is 0.162. The van der Waals surface area contributed by atoms with Crippen LogP contribution >= 0.6 is 0 Å². The van der Waals surface area contributed by atoms with Crippen molar-refractivity contribution in [1.82, 2.24) is 0 Å². The summed E-state index contributed by atoms with van der Waals surface area (Å²) in [6.45, 7) is 4.94. The Morgan fingerprint density at radius 2 is 1.58 bits per heavy atom. The van der Waals surface area contributed by atoms with Gasteiger partial charge in [0, 0.05) is 18.8 Å². The Morgan fingerprint density at radius 3 is 2.04 bits per heavy atom. The number of aliphatic hydroxyl groups is 1. The van der Waals surface area contributed by atoms with E-state index in [-0.39, 0.29) is 25.4 Å². The van der Waals surface area contributed by atoms with Gasteiger partial charge >= 0.3 is 17.9 Å². The van der Waals surface area contributed by atoms with Crippen molar-refractivity contribution in [2.24, 2.45) is 17.8 Å². The summed E-state index contributed by atoms with van der Waals surface area (Å²) in [5.41, 5.74) is 0. The summed E-state index contributed by atoms with van der Waals surface area (Å²) in [6, 6.07) is 0. The van der Waals surface area contributed by atoms with Gasteiger partial charge in [-0.3, -0.25) is 14.4 Å².